The highest BCUT2D eigenvalue weighted by molar-refractivity contribution is 6.18. The molecule has 1 saturated carbocycles. The zero-order valence-electron chi connectivity index (χ0n) is 20.2. The van der Waals surface area contributed by atoms with Crippen LogP contribution < -0.4 is 14.8 Å². The zero-order chi connectivity index (χ0) is 27.4. The molecule has 1 aliphatic carbocycles. The second-order valence-electron chi connectivity index (χ2n) is 9.63. The van der Waals surface area contributed by atoms with Gasteiger partial charge in [-0.05, 0) is 65.6 Å². The van der Waals surface area contributed by atoms with Crippen molar-refractivity contribution in [3.8, 4) is 11.5 Å². The van der Waals surface area contributed by atoms with E-state index in [1.54, 1.807) is 12.1 Å². The summed E-state index contributed by atoms with van der Waals surface area (Å²) < 4.78 is 86.7. The summed E-state index contributed by atoms with van der Waals surface area (Å²) in [5.41, 5.74) is 0.574. The molecule has 0 aliphatic heterocycles. The quantitative estimate of drug-likeness (QED) is 0.194. The maximum Gasteiger partial charge on any atom is 0.573 e. The van der Waals surface area contributed by atoms with Crippen LogP contribution in [0.3, 0.4) is 0 Å². The van der Waals surface area contributed by atoms with Crippen LogP contribution in [-0.4, -0.2) is 31.7 Å². The number of ether oxygens (including phenoxy) is 2. The molecule has 3 aromatic rings. The third-order valence-electron chi connectivity index (χ3n) is 6.76. The van der Waals surface area contributed by atoms with Crippen LogP contribution in [0, 0.1) is 5.41 Å². The molecule has 0 bridgehead atoms. The Morgan fingerprint density at radius 3 is 1.71 bits per heavy atom. The minimum absolute atomic E-state index is 0.0669. The molecule has 0 radical (unpaired) electrons. The molecule has 0 heterocycles. The zero-order valence-corrected chi connectivity index (χ0v) is 21.0. The van der Waals surface area contributed by atoms with Crippen LogP contribution in [0.5, 0.6) is 11.5 Å². The van der Waals surface area contributed by atoms with E-state index in [0.717, 1.165) is 18.4 Å². The third kappa shape index (κ3) is 7.35. The monoisotopic (exact) mass is 557 g/mol. The van der Waals surface area contributed by atoms with Gasteiger partial charge in [-0.25, -0.2) is 0 Å². The first-order chi connectivity index (χ1) is 17.9. The molecule has 1 aliphatic rings. The van der Waals surface area contributed by atoms with Crippen LogP contribution in [0.4, 0.5) is 26.3 Å². The number of nitrogens with one attached hydrogen (secondary N) is 1. The van der Waals surface area contributed by atoms with Crippen LogP contribution in [0.25, 0.3) is 0 Å². The molecule has 4 rings (SSSR count). The molecule has 0 spiro atoms. The van der Waals surface area contributed by atoms with Gasteiger partial charge in [0, 0.05) is 24.4 Å². The van der Waals surface area contributed by atoms with Crippen LogP contribution in [0.2, 0.25) is 0 Å². The van der Waals surface area contributed by atoms with Gasteiger partial charge in [-0.1, -0.05) is 54.6 Å². The van der Waals surface area contributed by atoms with Crippen molar-refractivity contribution in [1.82, 2.24) is 5.32 Å². The topological polar surface area (TPSA) is 30.5 Å². The molecule has 0 amide bonds. The van der Waals surface area contributed by atoms with Gasteiger partial charge >= 0.3 is 12.7 Å². The Kier molecular flexibility index (Phi) is 8.18. The summed E-state index contributed by atoms with van der Waals surface area (Å²) in [6.45, 7) is 0.774. The van der Waals surface area contributed by atoms with Crippen molar-refractivity contribution in [2.75, 3.05) is 19.0 Å². The first-order valence-electron chi connectivity index (χ1n) is 12.0. The number of hydrogen-bond acceptors (Lipinski definition) is 3. The number of rotatable bonds is 11. The van der Waals surface area contributed by atoms with Crippen molar-refractivity contribution in [2.24, 2.45) is 5.41 Å². The fourth-order valence-electron chi connectivity index (χ4n) is 4.64. The molecule has 38 heavy (non-hydrogen) atoms. The van der Waals surface area contributed by atoms with Crippen LogP contribution in [0.1, 0.15) is 29.5 Å². The largest absolute Gasteiger partial charge is 0.573 e. The fraction of sp³-hybridized carbons (Fsp3) is 0.357. The Morgan fingerprint density at radius 1 is 0.737 bits per heavy atom. The first-order valence-corrected chi connectivity index (χ1v) is 12.5. The predicted molar refractivity (Wildman–Crippen MR) is 132 cm³/mol. The first kappa shape index (κ1) is 28.1. The van der Waals surface area contributed by atoms with Gasteiger partial charge < -0.3 is 14.8 Å². The van der Waals surface area contributed by atoms with Gasteiger partial charge in [0.05, 0.1) is 0 Å². The van der Waals surface area contributed by atoms with E-state index in [4.69, 9.17) is 11.6 Å². The summed E-state index contributed by atoms with van der Waals surface area (Å²) in [7, 11) is 0. The van der Waals surface area contributed by atoms with Gasteiger partial charge in [-0.3, -0.25) is 0 Å². The van der Waals surface area contributed by atoms with E-state index in [0.29, 0.717) is 23.6 Å². The highest BCUT2D eigenvalue weighted by atomic mass is 35.5. The smallest absolute Gasteiger partial charge is 0.406 e. The van der Waals surface area contributed by atoms with Crippen LogP contribution in [-0.2, 0) is 11.8 Å². The molecule has 3 aromatic carbocycles. The van der Waals surface area contributed by atoms with Crippen molar-refractivity contribution in [2.45, 2.75) is 37.4 Å². The van der Waals surface area contributed by atoms with Crippen molar-refractivity contribution in [3.05, 3.63) is 95.6 Å². The van der Waals surface area contributed by atoms with Gasteiger partial charge in [0.15, 0.2) is 0 Å². The summed E-state index contributed by atoms with van der Waals surface area (Å²) in [4.78, 5) is 0. The maximum atomic E-state index is 13.1. The molecule has 204 valence electrons. The van der Waals surface area contributed by atoms with Crippen molar-refractivity contribution in [1.29, 1.82) is 0 Å². The van der Waals surface area contributed by atoms with E-state index in [1.807, 2.05) is 30.3 Å². The van der Waals surface area contributed by atoms with Gasteiger partial charge in [-0.15, -0.1) is 37.9 Å². The predicted octanol–water partition coefficient (Wildman–Crippen LogP) is 7.62. The van der Waals surface area contributed by atoms with Gasteiger partial charge in [-0.2, -0.15) is 0 Å². The standard InChI is InChI=1S/C28H26ClF6NO2/c29-17-25(12-13-25)18-36-19-26(16-20-6-2-1-3-7-20,21-8-4-10-23(14-21)37-27(30,31)32)22-9-5-11-24(15-22)38-28(33,34)35/h1-11,14-15,36H,12-13,16-19H2. The second-order valence-corrected chi connectivity index (χ2v) is 9.90. The van der Waals surface area contributed by atoms with Crippen molar-refractivity contribution >= 4 is 11.6 Å². The van der Waals surface area contributed by atoms with E-state index < -0.39 is 29.6 Å². The van der Waals surface area contributed by atoms with Crippen molar-refractivity contribution in [3.63, 3.8) is 0 Å². The molecule has 10 heteroatoms. The van der Waals surface area contributed by atoms with Crippen LogP contribution in [0.15, 0.2) is 78.9 Å². The third-order valence-corrected chi connectivity index (χ3v) is 7.32. The normalized spacial score (nSPS) is 15.2. The Morgan fingerprint density at radius 2 is 1.26 bits per heavy atom. The molecule has 1 fully saturated rings. The average molecular weight is 558 g/mol. The fourth-order valence-corrected chi connectivity index (χ4v) is 5.00. The summed E-state index contributed by atoms with van der Waals surface area (Å²) in [5, 5.41) is 3.42. The Labute approximate surface area is 221 Å². The number of benzene rings is 3. The molecule has 0 unspecified atom stereocenters. The molecule has 1 N–H and O–H groups in total. The highest BCUT2D eigenvalue weighted by Crippen LogP contribution is 2.46. The van der Waals surface area contributed by atoms with E-state index in [-0.39, 0.29) is 18.4 Å². The minimum atomic E-state index is -4.90. The Hall–Kier alpha value is -2.91. The summed E-state index contributed by atoms with van der Waals surface area (Å²) in [6, 6.07) is 20.3. The van der Waals surface area contributed by atoms with Crippen LogP contribution >= 0.6 is 11.6 Å². The lowest BCUT2D eigenvalue weighted by Crippen LogP contribution is -2.43. The lowest BCUT2D eigenvalue weighted by atomic mass is 9.70. The highest BCUT2D eigenvalue weighted by Gasteiger charge is 2.43. The van der Waals surface area contributed by atoms with E-state index in [9.17, 15) is 26.3 Å². The van der Waals surface area contributed by atoms with Gasteiger partial charge in [0.1, 0.15) is 11.5 Å². The summed E-state index contributed by atoms with van der Waals surface area (Å²) >= 11 is 6.15. The van der Waals surface area contributed by atoms with Gasteiger partial charge in [0.25, 0.3) is 0 Å². The van der Waals surface area contributed by atoms with E-state index in [1.165, 1.54) is 36.4 Å². The lowest BCUT2D eigenvalue weighted by Gasteiger charge is -2.37. The summed E-state index contributed by atoms with van der Waals surface area (Å²) in [5.74, 6) is -0.390. The SMILES string of the molecule is FC(F)(F)Oc1cccc(C(CNCC2(CCl)CC2)(Cc2ccccc2)c2cccc(OC(F)(F)F)c2)c1. The second kappa shape index (κ2) is 11.1. The number of alkyl halides is 7. The molecular weight excluding hydrogens is 532 g/mol. The average Bonchev–Trinajstić information content (AvgIpc) is 3.62. The Balaban J connectivity index is 1.83. The molecule has 3 nitrogen and oxygen atoms in total. The number of halogens is 7. The molecular formula is C28H26ClF6NO2. The van der Waals surface area contributed by atoms with E-state index >= 15 is 0 Å². The Bertz CT molecular complexity index is 1150. The molecule has 0 atom stereocenters. The summed E-state index contributed by atoms with van der Waals surface area (Å²) in [6.07, 6.45) is -7.64. The van der Waals surface area contributed by atoms with Gasteiger partial charge in [0.2, 0.25) is 0 Å². The number of hydrogen-bond donors (Lipinski definition) is 1. The maximum absolute atomic E-state index is 13.1. The minimum Gasteiger partial charge on any atom is -0.406 e. The molecule has 0 aromatic heterocycles. The van der Waals surface area contributed by atoms with Crippen molar-refractivity contribution < 1.29 is 35.8 Å². The lowest BCUT2D eigenvalue weighted by molar-refractivity contribution is -0.275. The van der Waals surface area contributed by atoms with E-state index in [2.05, 4.69) is 14.8 Å². The molecule has 0 saturated heterocycles.